The van der Waals surface area contributed by atoms with E-state index in [0.29, 0.717) is 6.04 Å². The van der Waals surface area contributed by atoms with E-state index in [-0.39, 0.29) is 11.8 Å². The minimum absolute atomic E-state index is 0.0707. The zero-order valence-electron chi connectivity index (χ0n) is 8.23. The molecule has 1 aliphatic carbocycles. The lowest BCUT2D eigenvalue weighted by atomic mass is 10.0. The van der Waals surface area contributed by atoms with Crippen molar-refractivity contribution in [2.45, 2.75) is 31.7 Å². The molecule has 3 heteroatoms. The van der Waals surface area contributed by atoms with Gasteiger partial charge in [-0.25, -0.2) is 0 Å². The molecule has 0 aromatic carbocycles. The summed E-state index contributed by atoms with van der Waals surface area (Å²) in [6.07, 6.45) is 5.70. The first kappa shape index (κ1) is 9.19. The molecule has 3 nitrogen and oxygen atoms in total. The van der Waals surface area contributed by atoms with Crippen LogP contribution in [0.2, 0.25) is 0 Å². The van der Waals surface area contributed by atoms with E-state index in [1.807, 2.05) is 19.1 Å². The van der Waals surface area contributed by atoms with Crippen LogP contribution in [-0.4, -0.2) is 16.9 Å². The van der Waals surface area contributed by atoms with Gasteiger partial charge in [-0.2, -0.15) is 0 Å². The number of pyridine rings is 1. The summed E-state index contributed by atoms with van der Waals surface area (Å²) in [6, 6.07) is 4.21. The summed E-state index contributed by atoms with van der Waals surface area (Å²) in [6.45, 7) is 1.92. The largest absolute Gasteiger partial charge is 0.353 e. The molecule has 1 amide bonds. The first-order valence-corrected chi connectivity index (χ1v) is 4.97. The molecule has 1 fully saturated rings. The van der Waals surface area contributed by atoms with E-state index >= 15 is 0 Å². The Balaban J connectivity index is 1.99. The van der Waals surface area contributed by atoms with Gasteiger partial charge in [0.05, 0.1) is 5.92 Å². The van der Waals surface area contributed by atoms with Gasteiger partial charge in [0.25, 0.3) is 0 Å². The van der Waals surface area contributed by atoms with Gasteiger partial charge >= 0.3 is 0 Å². The van der Waals surface area contributed by atoms with Crippen molar-refractivity contribution < 1.29 is 4.79 Å². The molecule has 74 valence electrons. The third kappa shape index (κ3) is 2.10. The molecule has 1 atom stereocenters. The van der Waals surface area contributed by atoms with Crippen LogP contribution in [0.25, 0.3) is 0 Å². The van der Waals surface area contributed by atoms with E-state index in [9.17, 15) is 4.79 Å². The Hall–Kier alpha value is -1.38. The van der Waals surface area contributed by atoms with Gasteiger partial charge in [0.2, 0.25) is 5.91 Å². The fourth-order valence-corrected chi connectivity index (χ4v) is 1.36. The summed E-state index contributed by atoms with van der Waals surface area (Å²) in [5.74, 6) is 0.0531. The van der Waals surface area contributed by atoms with Crippen LogP contribution in [0, 0.1) is 0 Å². The van der Waals surface area contributed by atoms with E-state index in [2.05, 4.69) is 10.3 Å². The number of carbonyl (C=O) groups is 1. The van der Waals surface area contributed by atoms with Crippen LogP contribution in [0.15, 0.2) is 24.5 Å². The van der Waals surface area contributed by atoms with Crippen molar-refractivity contribution in [1.82, 2.24) is 10.3 Å². The molecule has 0 saturated heterocycles. The molecule has 0 radical (unpaired) electrons. The van der Waals surface area contributed by atoms with Crippen molar-refractivity contribution >= 4 is 5.91 Å². The molecule has 1 aromatic heterocycles. The number of carbonyl (C=O) groups excluding carboxylic acids is 1. The highest BCUT2D eigenvalue weighted by molar-refractivity contribution is 5.83. The maximum Gasteiger partial charge on any atom is 0.227 e. The zero-order valence-corrected chi connectivity index (χ0v) is 8.23. The molecule has 2 rings (SSSR count). The number of aromatic nitrogens is 1. The number of hydrogen-bond donors (Lipinski definition) is 1. The maximum atomic E-state index is 11.7. The monoisotopic (exact) mass is 190 g/mol. The lowest BCUT2D eigenvalue weighted by molar-refractivity contribution is -0.122. The Labute approximate surface area is 83.5 Å². The lowest BCUT2D eigenvalue weighted by Gasteiger charge is -2.11. The van der Waals surface area contributed by atoms with Gasteiger partial charge < -0.3 is 5.32 Å². The molecule has 0 bridgehead atoms. The molecule has 14 heavy (non-hydrogen) atoms. The number of hydrogen-bond acceptors (Lipinski definition) is 2. The number of amides is 1. The Morgan fingerprint density at radius 1 is 1.50 bits per heavy atom. The predicted molar refractivity (Wildman–Crippen MR) is 53.8 cm³/mol. The average molecular weight is 190 g/mol. The van der Waals surface area contributed by atoms with Crippen LogP contribution < -0.4 is 5.32 Å². The quantitative estimate of drug-likeness (QED) is 0.784. The lowest BCUT2D eigenvalue weighted by Crippen LogP contribution is -2.29. The summed E-state index contributed by atoms with van der Waals surface area (Å²) < 4.78 is 0. The highest BCUT2D eigenvalue weighted by Crippen LogP contribution is 2.21. The Morgan fingerprint density at radius 3 is 2.71 bits per heavy atom. The van der Waals surface area contributed by atoms with Gasteiger partial charge in [0.1, 0.15) is 0 Å². The smallest absolute Gasteiger partial charge is 0.227 e. The Bertz CT molecular complexity index is 319. The highest BCUT2D eigenvalue weighted by Gasteiger charge is 2.25. The second-order valence-electron chi connectivity index (χ2n) is 3.79. The number of nitrogens with zero attached hydrogens (tertiary/aromatic N) is 1. The summed E-state index contributed by atoms with van der Waals surface area (Å²) in [5.41, 5.74) is 1.03. The maximum absolute atomic E-state index is 11.7. The van der Waals surface area contributed by atoms with Gasteiger partial charge in [0, 0.05) is 18.4 Å². The molecule has 1 aromatic rings. The van der Waals surface area contributed by atoms with E-state index in [4.69, 9.17) is 0 Å². The first-order chi connectivity index (χ1) is 6.77. The second kappa shape index (κ2) is 3.78. The first-order valence-electron chi connectivity index (χ1n) is 4.97. The molecule has 1 unspecified atom stereocenters. The van der Waals surface area contributed by atoms with Crippen molar-refractivity contribution in [3.05, 3.63) is 30.1 Å². The van der Waals surface area contributed by atoms with Gasteiger partial charge in [-0.1, -0.05) is 0 Å². The van der Waals surface area contributed by atoms with E-state index in [0.717, 1.165) is 18.4 Å². The van der Waals surface area contributed by atoms with Gasteiger partial charge in [0.15, 0.2) is 0 Å². The van der Waals surface area contributed by atoms with Crippen LogP contribution in [0.3, 0.4) is 0 Å². The highest BCUT2D eigenvalue weighted by atomic mass is 16.1. The van der Waals surface area contributed by atoms with E-state index < -0.39 is 0 Å². The molecule has 1 N–H and O–H groups in total. The minimum atomic E-state index is -0.0707. The third-order valence-electron chi connectivity index (χ3n) is 2.52. The topological polar surface area (TPSA) is 42.0 Å². The normalized spacial score (nSPS) is 17.5. The summed E-state index contributed by atoms with van der Waals surface area (Å²) in [7, 11) is 0. The molecular weight excluding hydrogens is 176 g/mol. The van der Waals surface area contributed by atoms with Crippen molar-refractivity contribution in [1.29, 1.82) is 0 Å². The molecule has 1 saturated carbocycles. The van der Waals surface area contributed by atoms with Crippen molar-refractivity contribution in [2.75, 3.05) is 0 Å². The van der Waals surface area contributed by atoms with Crippen LogP contribution in [0.4, 0.5) is 0 Å². The van der Waals surface area contributed by atoms with E-state index in [1.54, 1.807) is 12.4 Å². The van der Waals surface area contributed by atoms with Crippen molar-refractivity contribution in [2.24, 2.45) is 0 Å². The summed E-state index contributed by atoms with van der Waals surface area (Å²) in [4.78, 5) is 15.6. The Kier molecular flexibility index (Phi) is 2.48. The predicted octanol–water partition coefficient (Wildman–Crippen LogP) is 1.46. The zero-order chi connectivity index (χ0) is 9.97. The van der Waals surface area contributed by atoms with Gasteiger partial charge in [-0.3, -0.25) is 9.78 Å². The average Bonchev–Trinajstić information content (AvgIpc) is 3.02. The van der Waals surface area contributed by atoms with Crippen LogP contribution in [-0.2, 0) is 4.79 Å². The SMILES string of the molecule is CC(C(=O)NC1CC1)c1ccncc1. The Morgan fingerprint density at radius 2 is 2.14 bits per heavy atom. The summed E-state index contributed by atoms with van der Waals surface area (Å²) in [5, 5.41) is 2.99. The van der Waals surface area contributed by atoms with Crippen LogP contribution in [0.5, 0.6) is 0 Å². The van der Waals surface area contributed by atoms with E-state index in [1.165, 1.54) is 0 Å². The fraction of sp³-hybridized carbons (Fsp3) is 0.455. The molecular formula is C11H14N2O. The van der Waals surface area contributed by atoms with Crippen LogP contribution in [0.1, 0.15) is 31.2 Å². The standard InChI is InChI=1S/C11H14N2O/c1-8(9-4-6-12-7-5-9)11(14)13-10-2-3-10/h4-8,10H,2-3H2,1H3,(H,13,14). The molecule has 1 aliphatic rings. The minimum Gasteiger partial charge on any atom is -0.353 e. The fourth-order valence-electron chi connectivity index (χ4n) is 1.36. The number of nitrogens with one attached hydrogen (secondary N) is 1. The van der Waals surface area contributed by atoms with Gasteiger partial charge in [-0.15, -0.1) is 0 Å². The third-order valence-corrected chi connectivity index (χ3v) is 2.52. The van der Waals surface area contributed by atoms with Crippen molar-refractivity contribution in [3.8, 4) is 0 Å². The number of rotatable bonds is 3. The second-order valence-corrected chi connectivity index (χ2v) is 3.79. The molecule has 0 aliphatic heterocycles. The summed E-state index contributed by atoms with van der Waals surface area (Å²) >= 11 is 0. The van der Waals surface area contributed by atoms with Crippen LogP contribution >= 0.6 is 0 Å². The van der Waals surface area contributed by atoms with Gasteiger partial charge in [-0.05, 0) is 37.5 Å². The van der Waals surface area contributed by atoms with Crippen molar-refractivity contribution in [3.63, 3.8) is 0 Å². The molecule has 0 spiro atoms. The molecule has 1 heterocycles.